The SMILES string of the molecule is COc1ccc(Oc2ncccc2NS(=O)(=O)c2ccc(C)cc2Cl)cc1. The number of hydrogen-bond donors (Lipinski definition) is 1. The molecule has 6 nitrogen and oxygen atoms in total. The van der Waals surface area contributed by atoms with Crippen LogP contribution >= 0.6 is 11.6 Å². The van der Waals surface area contributed by atoms with Crippen LogP contribution in [0.1, 0.15) is 5.56 Å². The first-order valence-corrected chi connectivity index (χ1v) is 9.81. The average molecular weight is 405 g/mol. The van der Waals surface area contributed by atoms with Gasteiger partial charge in [0, 0.05) is 6.20 Å². The van der Waals surface area contributed by atoms with Crippen LogP contribution < -0.4 is 14.2 Å². The Balaban J connectivity index is 1.89. The number of aromatic nitrogens is 1. The van der Waals surface area contributed by atoms with Crippen molar-refractivity contribution in [1.82, 2.24) is 4.98 Å². The van der Waals surface area contributed by atoms with Crippen LogP contribution in [-0.2, 0) is 10.0 Å². The minimum absolute atomic E-state index is 0.0194. The van der Waals surface area contributed by atoms with Gasteiger partial charge in [0.25, 0.3) is 10.0 Å². The van der Waals surface area contributed by atoms with Crippen molar-refractivity contribution in [2.24, 2.45) is 0 Å². The lowest BCUT2D eigenvalue weighted by Crippen LogP contribution is -2.14. The molecule has 0 fully saturated rings. The summed E-state index contributed by atoms with van der Waals surface area (Å²) in [5.41, 5.74) is 1.06. The Morgan fingerprint density at radius 1 is 1.04 bits per heavy atom. The monoisotopic (exact) mass is 404 g/mol. The Morgan fingerprint density at radius 3 is 2.41 bits per heavy atom. The fraction of sp³-hybridized carbons (Fsp3) is 0.105. The summed E-state index contributed by atoms with van der Waals surface area (Å²) in [6.07, 6.45) is 1.51. The number of aryl methyl sites for hydroxylation is 1. The van der Waals surface area contributed by atoms with Crippen molar-refractivity contribution in [2.45, 2.75) is 11.8 Å². The van der Waals surface area contributed by atoms with E-state index in [4.69, 9.17) is 21.1 Å². The van der Waals surface area contributed by atoms with E-state index in [1.54, 1.807) is 55.6 Å². The molecule has 0 aliphatic rings. The third-order valence-electron chi connectivity index (χ3n) is 3.67. The molecule has 0 amide bonds. The molecule has 8 heteroatoms. The Hall–Kier alpha value is -2.77. The number of nitrogens with one attached hydrogen (secondary N) is 1. The van der Waals surface area contributed by atoms with Crippen LogP contribution in [0.5, 0.6) is 17.4 Å². The Labute approximate surface area is 162 Å². The molecule has 0 saturated carbocycles. The van der Waals surface area contributed by atoms with Gasteiger partial charge in [0.1, 0.15) is 22.1 Å². The minimum atomic E-state index is -3.91. The van der Waals surface area contributed by atoms with Crippen LogP contribution in [-0.4, -0.2) is 20.5 Å². The second-order valence-electron chi connectivity index (χ2n) is 5.67. The van der Waals surface area contributed by atoms with E-state index in [1.807, 2.05) is 6.92 Å². The van der Waals surface area contributed by atoms with Crippen molar-refractivity contribution >= 4 is 27.3 Å². The first-order chi connectivity index (χ1) is 12.9. The van der Waals surface area contributed by atoms with Gasteiger partial charge in [0.05, 0.1) is 12.1 Å². The normalized spacial score (nSPS) is 11.1. The van der Waals surface area contributed by atoms with Crippen molar-refractivity contribution in [3.05, 3.63) is 71.4 Å². The number of rotatable bonds is 6. The van der Waals surface area contributed by atoms with E-state index in [9.17, 15) is 8.42 Å². The van der Waals surface area contributed by atoms with Gasteiger partial charge in [-0.2, -0.15) is 0 Å². The van der Waals surface area contributed by atoms with E-state index in [1.165, 1.54) is 12.3 Å². The van der Waals surface area contributed by atoms with Crippen molar-refractivity contribution in [2.75, 3.05) is 11.8 Å². The molecule has 0 atom stereocenters. The average Bonchev–Trinajstić information content (AvgIpc) is 2.63. The van der Waals surface area contributed by atoms with Gasteiger partial charge in [-0.3, -0.25) is 4.72 Å². The quantitative estimate of drug-likeness (QED) is 0.647. The van der Waals surface area contributed by atoms with Gasteiger partial charge in [0.15, 0.2) is 0 Å². The molecule has 0 radical (unpaired) electrons. The van der Waals surface area contributed by atoms with E-state index >= 15 is 0 Å². The highest BCUT2D eigenvalue weighted by Gasteiger charge is 2.20. The summed E-state index contributed by atoms with van der Waals surface area (Å²) in [5, 5.41) is 0.143. The van der Waals surface area contributed by atoms with Crippen molar-refractivity contribution < 1.29 is 17.9 Å². The van der Waals surface area contributed by atoms with Crippen LogP contribution in [0.25, 0.3) is 0 Å². The van der Waals surface area contributed by atoms with Crippen molar-refractivity contribution in [1.29, 1.82) is 0 Å². The summed E-state index contributed by atoms with van der Waals surface area (Å²) in [5.74, 6) is 1.29. The third-order valence-corrected chi connectivity index (χ3v) is 5.51. The molecule has 140 valence electrons. The van der Waals surface area contributed by atoms with E-state index in [2.05, 4.69) is 9.71 Å². The smallest absolute Gasteiger partial charge is 0.263 e. The predicted octanol–water partition coefficient (Wildman–Crippen LogP) is 4.65. The van der Waals surface area contributed by atoms with Gasteiger partial charge < -0.3 is 9.47 Å². The number of halogens is 1. The van der Waals surface area contributed by atoms with Gasteiger partial charge in [0.2, 0.25) is 5.88 Å². The zero-order chi connectivity index (χ0) is 19.4. The number of pyridine rings is 1. The van der Waals surface area contributed by atoms with E-state index in [-0.39, 0.29) is 21.5 Å². The molecule has 0 bridgehead atoms. The summed E-state index contributed by atoms with van der Waals surface area (Å²) >= 11 is 6.10. The molecule has 0 aliphatic heterocycles. The third kappa shape index (κ3) is 4.50. The van der Waals surface area contributed by atoms with Gasteiger partial charge in [-0.05, 0) is 61.0 Å². The lowest BCUT2D eigenvalue weighted by molar-refractivity contribution is 0.412. The summed E-state index contributed by atoms with van der Waals surface area (Å²) in [6, 6.07) is 14.8. The van der Waals surface area contributed by atoms with E-state index < -0.39 is 10.0 Å². The van der Waals surface area contributed by atoms with Gasteiger partial charge in [-0.25, -0.2) is 13.4 Å². The van der Waals surface area contributed by atoms with E-state index in [0.717, 1.165) is 5.56 Å². The topological polar surface area (TPSA) is 77.5 Å². The Kier molecular flexibility index (Phi) is 5.53. The van der Waals surface area contributed by atoms with Crippen LogP contribution in [0.15, 0.2) is 65.7 Å². The van der Waals surface area contributed by atoms with Crippen molar-refractivity contribution in [3.63, 3.8) is 0 Å². The van der Waals surface area contributed by atoms with Crippen LogP contribution in [0.3, 0.4) is 0 Å². The van der Waals surface area contributed by atoms with Crippen LogP contribution in [0, 0.1) is 6.92 Å². The van der Waals surface area contributed by atoms with Gasteiger partial charge >= 0.3 is 0 Å². The second kappa shape index (κ2) is 7.85. The van der Waals surface area contributed by atoms with Crippen LogP contribution in [0.4, 0.5) is 5.69 Å². The fourth-order valence-corrected chi connectivity index (χ4v) is 3.99. The Morgan fingerprint density at radius 2 is 1.74 bits per heavy atom. The van der Waals surface area contributed by atoms with Crippen LogP contribution in [0.2, 0.25) is 5.02 Å². The predicted molar refractivity (Wildman–Crippen MR) is 104 cm³/mol. The molecule has 1 heterocycles. The maximum atomic E-state index is 12.7. The summed E-state index contributed by atoms with van der Waals surface area (Å²) in [4.78, 5) is 4.10. The van der Waals surface area contributed by atoms with E-state index in [0.29, 0.717) is 11.5 Å². The number of sulfonamides is 1. The first kappa shape index (κ1) is 19.0. The second-order valence-corrected chi connectivity index (χ2v) is 7.73. The zero-order valence-corrected chi connectivity index (χ0v) is 16.2. The molecule has 1 aromatic heterocycles. The lowest BCUT2D eigenvalue weighted by atomic mass is 10.2. The maximum absolute atomic E-state index is 12.7. The standard InChI is InChI=1S/C19H17ClN2O4S/c1-13-5-10-18(16(20)12-13)27(23,24)22-17-4-3-11-21-19(17)26-15-8-6-14(25-2)7-9-15/h3-12,22H,1-2H3. The number of hydrogen-bond acceptors (Lipinski definition) is 5. The molecule has 0 aliphatic carbocycles. The highest BCUT2D eigenvalue weighted by molar-refractivity contribution is 7.92. The number of ether oxygens (including phenoxy) is 2. The molecule has 1 N–H and O–H groups in total. The maximum Gasteiger partial charge on any atom is 0.263 e. The molecule has 0 spiro atoms. The molecule has 0 unspecified atom stereocenters. The van der Waals surface area contributed by atoms with Crippen molar-refractivity contribution in [3.8, 4) is 17.4 Å². The highest BCUT2D eigenvalue weighted by Crippen LogP contribution is 2.31. The van der Waals surface area contributed by atoms with Gasteiger partial charge in [-0.15, -0.1) is 0 Å². The molecular weight excluding hydrogens is 388 g/mol. The zero-order valence-electron chi connectivity index (χ0n) is 14.6. The number of nitrogens with zero attached hydrogens (tertiary/aromatic N) is 1. The Bertz CT molecular complexity index is 1050. The number of benzene rings is 2. The lowest BCUT2D eigenvalue weighted by Gasteiger charge is -2.13. The molecule has 27 heavy (non-hydrogen) atoms. The summed E-state index contributed by atoms with van der Waals surface area (Å²) < 4.78 is 38.8. The fourth-order valence-electron chi connectivity index (χ4n) is 2.33. The number of methoxy groups -OCH3 is 1. The van der Waals surface area contributed by atoms with Gasteiger partial charge in [-0.1, -0.05) is 17.7 Å². The molecule has 3 aromatic rings. The largest absolute Gasteiger partial charge is 0.497 e. The first-order valence-electron chi connectivity index (χ1n) is 7.95. The molecular formula is C19H17ClN2O4S. The molecule has 0 saturated heterocycles. The highest BCUT2D eigenvalue weighted by atomic mass is 35.5. The summed E-state index contributed by atoms with van der Waals surface area (Å²) in [6.45, 7) is 1.83. The number of anilines is 1. The molecule has 3 rings (SSSR count). The molecule has 2 aromatic carbocycles. The summed E-state index contributed by atoms with van der Waals surface area (Å²) in [7, 11) is -2.34. The minimum Gasteiger partial charge on any atom is -0.497 e.